The number of benzene rings is 2. The van der Waals surface area contributed by atoms with Gasteiger partial charge in [-0.1, -0.05) is 11.6 Å². The summed E-state index contributed by atoms with van der Waals surface area (Å²) >= 11 is 6.55. The lowest BCUT2D eigenvalue weighted by molar-refractivity contribution is 0.170. The molecule has 8 nitrogen and oxygen atoms in total. The van der Waals surface area contributed by atoms with E-state index in [2.05, 4.69) is 30.3 Å². The van der Waals surface area contributed by atoms with Crippen molar-refractivity contribution in [1.82, 2.24) is 30.4 Å². The monoisotopic (exact) mass is 607 g/mol. The lowest BCUT2D eigenvalue weighted by atomic mass is 9.93. The number of nitrogens with one attached hydrogen (secondary N) is 2. The summed E-state index contributed by atoms with van der Waals surface area (Å²) in [5, 5.41) is 12.3. The summed E-state index contributed by atoms with van der Waals surface area (Å²) in [5.74, 6) is -0.900. The van der Waals surface area contributed by atoms with E-state index >= 15 is 8.78 Å². The van der Waals surface area contributed by atoms with E-state index in [1.165, 1.54) is 18.9 Å². The molecule has 2 bridgehead atoms. The molecule has 5 heterocycles. The van der Waals surface area contributed by atoms with Crippen molar-refractivity contribution >= 4 is 39.2 Å². The molecule has 2 unspecified atom stereocenters. The fraction of sp³-hybridized carbons (Fsp3) is 0.531. The molecule has 3 saturated heterocycles. The minimum atomic E-state index is -0.743. The third kappa shape index (κ3) is 4.73. The number of hydrogen-bond donors (Lipinski definition) is 2. The van der Waals surface area contributed by atoms with Gasteiger partial charge >= 0.3 is 6.01 Å². The standard InChI is InChI=1S/C32H36ClF2N7O/c1-17-22(33)12-24-26(18(2)39-40-24)25(17)27-23(34)11-21-29(28(27)35)37-31(38-30(21)42-13-19-5-6-20(14-42)36-19)43-16-32(7-8-32)15-41-9-3-4-10-41/h11-12,19-20,36H,3-10,13-16H2,1-2H3,(H,39,40). The maximum atomic E-state index is 16.8. The van der Waals surface area contributed by atoms with Crippen molar-refractivity contribution in [2.45, 2.75) is 64.5 Å². The number of aromatic amines is 1. The molecule has 4 aromatic rings. The van der Waals surface area contributed by atoms with Gasteiger partial charge in [-0.3, -0.25) is 5.10 Å². The summed E-state index contributed by atoms with van der Waals surface area (Å²) in [6.07, 6.45) is 6.85. The molecule has 226 valence electrons. The van der Waals surface area contributed by atoms with E-state index in [4.69, 9.17) is 21.3 Å². The van der Waals surface area contributed by atoms with Crippen molar-refractivity contribution in [3.8, 4) is 17.1 Å². The number of ether oxygens (including phenoxy) is 1. The zero-order chi connectivity index (χ0) is 29.5. The second-order valence-corrected chi connectivity index (χ2v) is 13.6. The predicted octanol–water partition coefficient (Wildman–Crippen LogP) is 5.92. The van der Waals surface area contributed by atoms with Crippen molar-refractivity contribution in [2.24, 2.45) is 5.41 Å². The maximum Gasteiger partial charge on any atom is 0.319 e. The van der Waals surface area contributed by atoms with Crippen LogP contribution >= 0.6 is 11.6 Å². The molecule has 1 saturated carbocycles. The summed E-state index contributed by atoms with van der Waals surface area (Å²) in [4.78, 5) is 14.1. The molecule has 1 aliphatic carbocycles. The number of aryl methyl sites for hydroxylation is 1. The minimum Gasteiger partial charge on any atom is -0.463 e. The van der Waals surface area contributed by atoms with Gasteiger partial charge in [0.05, 0.1) is 17.7 Å². The van der Waals surface area contributed by atoms with Crippen LogP contribution in [0.15, 0.2) is 12.1 Å². The fourth-order valence-corrected chi connectivity index (χ4v) is 7.74. The molecule has 11 heteroatoms. The molecule has 2 atom stereocenters. The fourth-order valence-electron chi connectivity index (χ4n) is 7.54. The Hall–Kier alpha value is -3.08. The van der Waals surface area contributed by atoms with Crippen molar-refractivity contribution in [2.75, 3.05) is 44.2 Å². The van der Waals surface area contributed by atoms with Crippen LogP contribution in [0.5, 0.6) is 6.01 Å². The van der Waals surface area contributed by atoms with E-state index in [1.54, 1.807) is 13.0 Å². The van der Waals surface area contributed by atoms with Crippen molar-refractivity contribution in [3.63, 3.8) is 0 Å². The summed E-state index contributed by atoms with van der Waals surface area (Å²) in [7, 11) is 0. The smallest absolute Gasteiger partial charge is 0.319 e. The molecule has 4 fully saturated rings. The van der Waals surface area contributed by atoms with Crippen molar-refractivity contribution < 1.29 is 13.5 Å². The van der Waals surface area contributed by atoms with Crippen LogP contribution in [0.4, 0.5) is 14.6 Å². The third-order valence-electron chi connectivity index (χ3n) is 10.1. The topological polar surface area (TPSA) is 82.2 Å². The summed E-state index contributed by atoms with van der Waals surface area (Å²) in [6.45, 7) is 8.81. The lowest BCUT2D eigenvalue weighted by Gasteiger charge is -2.34. The van der Waals surface area contributed by atoms with Crippen LogP contribution in [-0.4, -0.2) is 76.5 Å². The highest BCUT2D eigenvalue weighted by Gasteiger charge is 2.45. The number of nitrogens with zero attached hydrogens (tertiary/aromatic N) is 5. The third-order valence-corrected chi connectivity index (χ3v) is 10.4. The van der Waals surface area contributed by atoms with Crippen molar-refractivity contribution in [1.29, 1.82) is 0 Å². The summed E-state index contributed by atoms with van der Waals surface area (Å²) in [5.41, 5.74) is 2.21. The number of hydrogen-bond acceptors (Lipinski definition) is 7. The SMILES string of the molecule is Cc1c(Cl)cc2n[nH]c(C)c2c1-c1c(F)cc2c(N3CC4CCC(C3)N4)nc(OCC3(CN4CCCC4)CC3)nc2c1F. The molecule has 3 aliphatic heterocycles. The number of fused-ring (bicyclic) bond motifs is 4. The second-order valence-electron chi connectivity index (χ2n) is 13.2. The van der Waals surface area contributed by atoms with E-state index in [0.29, 0.717) is 75.7 Å². The molecule has 2 N–H and O–H groups in total. The number of anilines is 1. The molecule has 0 amide bonds. The second kappa shape index (κ2) is 10.2. The Morgan fingerprint density at radius 2 is 1.79 bits per heavy atom. The largest absolute Gasteiger partial charge is 0.463 e. The van der Waals surface area contributed by atoms with Crippen LogP contribution in [0.1, 0.15) is 49.8 Å². The van der Waals surface area contributed by atoms with Gasteiger partial charge in [-0.2, -0.15) is 15.1 Å². The van der Waals surface area contributed by atoms with Gasteiger partial charge in [0.2, 0.25) is 0 Å². The quantitative estimate of drug-likeness (QED) is 0.270. The van der Waals surface area contributed by atoms with E-state index in [1.807, 2.05) is 6.92 Å². The molecule has 0 radical (unpaired) electrons. The molecule has 43 heavy (non-hydrogen) atoms. The Kier molecular flexibility index (Phi) is 6.54. The highest BCUT2D eigenvalue weighted by atomic mass is 35.5. The molecule has 2 aromatic heterocycles. The molecule has 8 rings (SSSR count). The molecular weight excluding hydrogens is 572 g/mol. The first-order valence-electron chi connectivity index (χ1n) is 15.5. The lowest BCUT2D eigenvalue weighted by Crippen LogP contribution is -2.51. The first-order chi connectivity index (χ1) is 20.8. The molecule has 2 aromatic carbocycles. The van der Waals surface area contributed by atoms with E-state index < -0.39 is 11.6 Å². The van der Waals surface area contributed by atoms with Gasteiger partial charge in [0.25, 0.3) is 0 Å². The predicted molar refractivity (Wildman–Crippen MR) is 164 cm³/mol. The minimum absolute atomic E-state index is 0.0559. The number of H-pyrrole nitrogens is 1. The number of aromatic nitrogens is 4. The average Bonchev–Trinajstić information content (AvgIpc) is 3.24. The van der Waals surface area contributed by atoms with E-state index in [9.17, 15) is 0 Å². The normalized spacial score (nSPS) is 23.1. The Bertz CT molecular complexity index is 1740. The summed E-state index contributed by atoms with van der Waals surface area (Å²) in [6, 6.07) is 3.89. The summed E-state index contributed by atoms with van der Waals surface area (Å²) < 4.78 is 39.4. The zero-order valence-electron chi connectivity index (χ0n) is 24.6. The number of halogens is 3. The van der Waals surface area contributed by atoms with Gasteiger partial charge in [-0.15, -0.1) is 0 Å². The van der Waals surface area contributed by atoms with Gasteiger partial charge in [0.15, 0.2) is 5.82 Å². The Morgan fingerprint density at radius 1 is 1.05 bits per heavy atom. The molecule has 0 spiro atoms. The first kappa shape index (κ1) is 27.5. The highest BCUT2D eigenvalue weighted by molar-refractivity contribution is 6.33. The average molecular weight is 608 g/mol. The van der Waals surface area contributed by atoms with Crippen molar-refractivity contribution in [3.05, 3.63) is 40.0 Å². The van der Waals surface area contributed by atoms with Crippen LogP contribution in [0.25, 0.3) is 32.9 Å². The zero-order valence-corrected chi connectivity index (χ0v) is 25.3. The molecule has 4 aliphatic rings. The molecular formula is C32H36ClF2N7O. The van der Waals surface area contributed by atoms with Crippen LogP contribution in [0.3, 0.4) is 0 Å². The Labute approximate surface area is 254 Å². The van der Waals surface area contributed by atoms with Gasteiger partial charge in [-0.05, 0) is 83.2 Å². The van der Waals surface area contributed by atoms with Crippen LogP contribution in [0, 0.1) is 30.9 Å². The first-order valence-corrected chi connectivity index (χ1v) is 15.9. The van der Waals surface area contributed by atoms with Gasteiger partial charge in [0.1, 0.15) is 17.2 Å². The van der Waals surface area contributed by atoms with Gasteiger partial charge in [0, 0.05) is 64.2 Å². The van der Waals surface area contributed by atoms with Crippen LogP contribution in [0.2, 0.25) is 5.02 Å². The number of likely N-dealkylation sites (tertiary alicyclic amines) is 1. The van der Waals surface area contributed by atoms with Crippen LogP contribution in [-0.2, 0) is 0 Å². The number of rotatable bonds is 7. The number of piperazine rings is 1. The maximum absolute atomic E-state index is 16.8. The van der Waals surface area contributed by atoms with E-state index in [0.717, 1.165) is 45.3 Å². The van der Waals surface area contributed by atoms with Gasteiger partial charge < -0.3 is 19.9 Å². The highest BCUT2D eigenvalue weighted by Crippen LogP contribution is 2.47. The Balaban J connectivity index is 1.25. The van der Waals surface area contributed by atoms with Crippen LogP contribution < -0.4 is 15.0 Å². The van der Waals surface area contributed by atoms with E-state index in [-0.39, 0.29) is 22.5 Å². The van der Waals surface area contributed by atoms with Gasteiger partial charge in [-0.25, -0.2) is 8.78 Å². The Morgan fingerprint density at radius 3 is 2.51 bits per heavy atom.